The highest BCUT2D eigenvalue weighted by molar-refractivity contribution is 5.82. The number of ether oxygens (including phenoxy) is 1. The molecule has 0 radical (unpaired) electrons. The Balaban J connectivity index is 1.77. The molecule has 0 bridgehead atoms. The van der Waals surface area contributed by atoms with Crippen LogP contribution in [0.1, 0.15) is 26.3 Å². The molecule has 0 aliphatic rings. The summed E-state index contributed by atoms with van der Waals surface area (Å²) in [7, 11) is 0. The number of anilines is 4. The molecule has 0 atom stereocenters. The van der Waals surface area contributed by atoms with Gasteiger partial charge in [0.2, 0.25) is 5.95 Å². The number of hydrogen-bond donors (Lipinski definition) is 3. The number of benzene rings is 2. The van der Waals surface area contributed by atoms with E-state index in [9.17, 15) is 14.3 Å². The number of nitrogens with one attached hydrogen (secondary N) is 2. The number of nitrogens with zero attached hydrogens (tertiary/aromatic N) is 2. The van der Waals surface area contributed by atoms with Crippen LogP contribution in [0, 0.1) is 5.82 Å². The van der Waals surface area contributed by atoms with E-state index in [0.717, 1.165) is 11.8 Å². The number of halogens is 1. The Morgan fingerprint density at radius 1 is 1.13 bits per heavy atom. The summed E-state index contributed by atoms with van der Waals surface area (Å²) in [6, 6.07) is 13.5. The maximum Gasteiger partial charge on any atom is 0.315 e. The monoisotopic (exact) mass is 410 g/mol. The van der Waals surface area contributed by atoms with Crippen molar-refractivity contribution in [1.29, 1.82) is 0 Å². The number of carbonyl (C=O) groups is 1. The molecule has 8 heteroatoms. The number of carbonyl (C=O) groups excluding carboxylic acids is 1. The average Bonchev–Trinajstić information content (AvgIpc) is 2.71. The summed E-state index contributed by atoms with van der Waals surface area (Å²) in [4.78, 5) is 20.2. The van der Waals surface area contributed by atoms with Gasteiger partial charge in [-0.05, 0) is 50.6 Å². The van der Waals surface area contributed by atoms with E-state index in [4.69, 9.17) is 4.74 Å². The second-order valence-electron chi connectivity index (χ2n) is 7.11. The van der Waals surface area contributed by atoms with Crippen LogP contribution in [-0.2, 0) is 14.9 Å². The topological polar surface area (TPSA) is 96.4 Å². The van der Waals surface area contributed by atoms with Gasteiger partial charge in [0.1, 0.15) is 5.75 Å². The van der Waals surface area contributed by atoms with Crippen LogP contribution < -0.4 is 10.6 Å². The Labute approximate surface area is 174 Å². The van der Waals surface area contributed by atoms with E-state index in [0.29, 0.717) is 18.0 Å². The minimum absolute atomic E-state index is 0.00921. The smallest absolute Gasteiger partial charge is 0.315 e. The molecular formula is C22H23FN4O3. The minimum Gasteiger partial charge on any atom is -0.508 e. The molecule has 2 aromatic carbocycles. The molecule has 0 saturated heterocycles. The molecule has 0 fully saturated rings. The number of esters is 1. The summed E-state index contributed by atoms with van der Waals surface area (Å²) in [6.07, 6.45) is 1.05. The Kier molecular flexibility index (Phi) is 6.15. The van der Waals surface area contributed by atoms with Crippen LogP contribution in [0.2, 0.25) is 0 Å². The van der Waals surface area contributed by atoms with Gasteiger partial charge < -0.3 is 20.5 Å². The van der Waals surface area contributed by atoms with E-state index < -0.39 is 11.2 Å². The van der Waals surface area contributed by atoms with E-state index in [2.05, 4.69) is 20.6 Å². The second kappa shape index (κ2) is 8.77. The number of aromatic hydroxyl groups is 1. The van der Waals surface area contributed by atoms with Crippen LogP contribution >= 0.6 is 0 Å². The van der Waals surface area contributed by atoms with Gasteiger partial charge in [0, 0.05) is 17.4 Å². The summed E-state index contributed by atoms with van der Waals surface area (Å²) in [5, 5.41) is 15.4. The SMILES string of the molecule is CCOC(=O)C(C)(C)c1ccc(Nc2nc(Nc3cccc(O)c3)ncc2F)cc1. The molecular weight excluding hydrogens is 387 g/mol. The first kappa shape index (κ1) is 21.0. The first-order valence-electron chi connectivity index (χ1n) is 9.43. The zero-order valence-corrected chi connectivity index (χ0v) is 16.9. The van der Waals surface area contributed by atoms with Crippen molar-refractivity contribution < 1.29 is 19.0 Å². The molecule has 156 valence electrons. The normalized spacial score (nSPS) is 11.1. The van der Waals surface area contributed by atoms with Gasteiger partial charge in [-0.25, -0.2) is 9.37 Å². The first-order valence-corrected chi connectivity index (χ1v) is 9.43. The zero-order chi connectivity index (χ0) is 21.7. The minimum atomic E-state index is -0.799. The van der Waals surface area contributed by atoms with Crippen LogP contribution in [-0.4, -0.2) is 27.7 Å². The molecule has 0 aliphatic carbocycles. The van der Waals surface area contributed by atoms with Crippen molar-refractivity contribution in [2.24, 2.45) is 0 Å². The van der Waals surface area contributed by atoms with Crippen LogP contribution in [0.5, 0.6) is 5.75 Å². The predicted molar refractivity (Wildman–Crippen MR) is 113 cm³/mol. The van der Waals surface area contributed by atoms with E-state index >= 15 is 0 Å². The maximum absolute atomic E-state index is 14.2. The number of hydrogen-bond acceptors (Lipinski definition) is 7. The third kappa shape index (κ3) is 4.83. The van der Waals surface area contributed by atoms with Crippen LogP contribution in [0.4, 0.5) is 27.5 Å². The Bertz CT molecular complexity index is 1040. The molecule has 0 unspecified atom stereocenters. The fourth-order valence-corrected chi connectivity index (χ4v) is 2.76. The van der Waals surface area contributed by atoms with E-state index in [1.54, 1.807) is 57.2 Å². The third-order valence-electron chi connectivity index (χ3n) is 4.50. The van der Waals surface area contributed by atoms with Gasteiger partial charge >= 0.3 is 5.97 Å². The highest BCUT2D eigenvalue weighted by atomic mass is 19.1. The van der Waals surface area contributed by atoms with Gasteiger partial charge in [-0.1, -0.05) is 18.2 Å². The van der Waals surface area contributed by atoms with Gasteiger partial charge in [-0.2, -0.15) is 4.98 Å². The van der Waals surface area contributed by atoms with E-state index in [1.165, 1.54) is 12.1 Å². The van der Waals surface area contributed by atoms with Gasteiger partial charge in [-0.3, -0.25) is 4.79 Å². The number of rotatable bonds is 7. The van der Waals surface area contributed by atoms with Crippen molar-refractivity contribution in [3.8, 4) is 5.75 Å². The summed E-state index contributed by atoms with van der Waals surface area (Å²) >= 11 is 0. The van der Waals surface area contributed by atoms with Crippen LogP contribution in [0.3, 0.4) is 0 Å². The predicted octanol–water partition coefficient (Wildman–Crippen LogP) is 4.65. The Morgan fingerprint density at radius 3 is 2.53 bits per heavy atom. The maximum atomic E-state index is 14.2. The lowest BCUT2D eigenvalue weighted by molar-refractivity contribution is -0.148. The largest absolute Gasteiger partial charge is 0.508 e. The lowest BCUT2D eigenvalue weighted by Crippen LogP contribution is -2.31. The van der Waals surface area contributed by atoms with E-state index in [1.807, 2.05) is 0 Å². The van der Waals surface area contributed by atoms with E-state index in [-0.39, 0.29) is 23.5 Å². The van der Waals surface area contributed by atoms with Gasteiger partial charge in [0.15, 0.2) is 11.6 Å². The summed E-state index contributed by atoms with van der Waals surface area (Å²) < 4.78 is 19.3. The van der Waals surface area contributed by atoms with Crippen molar-refractivity contribution in [1.82, 2.24) is 9.97 Å². The number of phenols is 1. The lowest BCUT2D eigenvalue weighted by Gasteiger charge is -2.23. The molecule has 0 amide bonds. The molecule has 7 nitrogen and oxygen atoms in total. The number of phenolic OH excluding ortho intramolecular Hbond substituents is 1. The standard InChI is InChI=1S/C22H23FN4O3/c1-4-30-20(29)22(2,3)14-8-10-15(11-9-14)25-19-18(23)13-24-21(27-19)26-16-6-5-7-17(28)12-16/h5-13,28H,4H2,1-3H3,(H2,24,25,26,27). The highest BCUT2D eigenvalue weighted by Crippen LogP contribution is 2.28. The first-order chi connectivity index (χ1) is 14.3. The fourth-order valence-electron chi connectivity index (χ4n) is 2.76. The molecule has 3 aromatic rings. The van der Waals surface area contributed by atoms with Crippen LogP contribution in [0.25, 0.3) is 0 Å². The quantitative estimate of drug-likeness (QED) is 0.488. The van der Waals surface area contributed by atoms with Crippen molar-refractivity contribution in [3.63, 3.8) is 0 Å². The Morgan fingerprint density at radius 2 is 1.87 bits per heavy atom. The van der Waals surface area contributed by atoms with Crippen molar-refractivity contribution >= 4 is 29.1 Å². The van der Waals surface area contributed by atoms with Crippen molar-refractivity contribution in [2.75, 3.05) is 17.2 Å². The molecule has 1 heterocycles. The lowest BCUT2D eigenvalue weighted by atomic mass is 9.84. The van der Waals surface area contributed by atoms with Gasteiger partial charge in [-0.15, -0.1) is 0 Å². The van der Waals surface area contributed by atoms with Crippen molar-refractivity contribution in [3.05, 3.63) is 66.1 Å². The number of aromatic nitrogens is 2. The molecule has 0 saturated carbocycles. The molecule has 0 aliphatic heterocycles. The van der Waals surface area contributed by atoms with Crippen LogP contribution in [0.15, 0.2) is 54.7 Å². The fraction of sp³-hybridized carbons (Fsp3) is 0.227. The average molecular weight is 410 g/mol. The third-order valence-corrected chi connectivity index (χ3v) is 4.50. The van der Waals surface area contributed by atoms with Gasteiger partial charge in [0.05, 0.1) is 18.2 Å². The molecule has 3 N–H and O–H groups in total. The van der Waals surface area contributed by atoms with Gasteiger partial charge in [0.25, 0.3) is 0 Å². The van der Waals surface area contributed by atoms with Crippen molar-refractivity contribution in [2.45, 2.75) is 26.2 Å². The molecule has 0 spiro atoms. The molecule has 30 heavy (non-hydrogen) atoms. The molecule has 1 aromatic heterocycles. The second-order valence-corrected chi connectivity index (χ2v) is 7.11. The molecule has 3 rings (SSSR count). The highest BCUT2D eigenvalue weighted by Gasteiger charge is 2.31. The summed E-state index contributed by atoms with van der Waals surface area (Å²) in [6.45, 7) is 5.66. The Hall–Kier alpha value is -3.68. The summed E-state index contributed by atoms with van der Waals surface area (Å²) in [5.74, 6) is -0.677. The zero-order valence-electron chi connectivity index (χ0n) is 16.9. The summed E-state index contributed by atoms with van der Waals surface area (Å²) in [5.41, 5.74) is 1.14.